The molecule has 0 aliphatic heterocycles. The number of nitro benzene ring substituents is 1. The van der Waals surface area contributed by atoms with Crippen molar-refractivity contribution in [1.82, 2.24) is 0 Å². The number of alkyl halides is 3. The quantitative estimate of drug-likeness (QED) is 0.0538. The summed E-state index contributed by atoms with van der Waals surface area (Å²) in [7, 11) is 0. The normalized spacial score (nSPS) is 10.3. The van der Waals surface area contributed by atoms with Gasteiger partial charge in [0.1, 0.15) is 109 Å². The monoisotopic (exact) mass is 1460 g/mol. The van der Waals surface area contributed by atoms with E-state index in [1.807, 2.05) is 0 Å². The third-order valence-corrected chi connectivity index (χ3v) is 12.6. The maximum atomic E-state index is 12.9. The Balaban J connectivity index is 0.000000538. The first-order valence-electron chi connectivity index (χ1n) is 24.2. The summed E-state index contributed by atoms with van der Waals surface area (Å²) in [6.45, 7) is 8.71. The van der Waals surface area contributed by atoms with E-state index in [0.29, 0.717) is 24.3 Å². The predicted octanol–water partition coefficient (Wildman–Crippen LogP) is 21.5. The van der Waals surface area contributed by atoms with Crippen molar-refractivity contribution in [2.24, 2.45) is 0 Å². The Hall–Kier alpha value is -9.05. The van der Waals surface area contributed by atoms with E-state index in [1.165, 1.54) is 26.8 Å². The van der Waals surface area contributed by atoms with Crippen molar-refractivity contribution in [1.29, 1.82) is 10.5 Å². The summed E-state index contributed by atoms with van der Waals surface area (Å²) < 4.78 is 349. The van der Waals surface area contributed by atoms with E-state index in [4.69, 9.17) is 22.1 Å². The van der Waals surface area contributed by atoms with Crippen LogP contribution in [-0.2, 0) is 6.18 Å². The summed E-state index contributed by atoms with van der Waals surface area (Å²) in [5.41, 5.74) is -7.51. The largest absolute Gasteiger partial charge is 0.422 e. The van der Waals surface area contributed by atoms with Crippen LogP contribution in [0.25, 0.3) is 0 Å². The van der Waals surface area contributed by atoms with Crippen molar-refractivity contribution < 1.29 is 128 Å². The van der Waals surface area contributed by atoms with Crippen LogP contribution >= 0.6 is 27.5 Å². The van der Waals surface area contributed by atoms with Gasteiger partial charge in [0.2, 0.25) is 11.6 Å². The zero-order valence-corrected chi connectivity index (χ0v) is 50.0. The highest BCUT2D eigenvalue weighted by molar-refractivity contribution is 9.10. The highest BCUT2D eigenvalue weighted by atomic mass is 79.9. The molecule has 0 aliphatic rings. The van der Waals surface area contributed by atoms with Gasteiger partial charge in [-0.25, -0.2) is 101 Å². The van der Waals surface area contributed by atoms with Crippen molar-refractivity contribution in [3.05, 3.63) is 281 Å². The number of halogens is 30. The minimum Gasteiger partial charge on any atom is -0.258 e. The average Bonchev–Trinajstić information content (AvgIpc) is 0.825. The van der Waals surface area contributed by atoms with E-state index in [9.17, 15) is 133 Å². The second-order valence-electron chi connectivity index (χ2n) is 17.9. The van der Waals surface area contributed by atoms with Gasteiger partial charge >= 0.3 is 11.9 Å². The molecule has 0 saturated heterocycles. The second kappa shape index (κ2) is 35.3. The summed E-state index contributed by atoms with van der Waals surface area (Å²) >= 11 is 7.79. The molecule has 0 N–H and O–H groups in total. The molecule has 0 heterocycles. The van der Waals surface area contributed by atoms with Gasteiger partial charge in [0.25, 0.3) is 0 Å². The Labute approximate surface area is 524 Å². The molecule has 0 spiro atoms. The topological polar surface area (TPSA) is 90.7 Å². The maximum Gasteiger partial charge on any atom is 0.422 e. The van der Waals surface area contributed by atoms with Gasteiger partial charge in [0.15, 0.2) is 46.5 Å². The molecule has 8 aromatic carbocycles. The van der Waals surface area contributed by atoms with Crippen LogP contribution in [0.15, 0.2) is 59.1 Å². The first kappa shape index (κ1) is 83.0. The third-order valence-electron chi connectivity index (χ3n) is 11.5. The summed E-state index contributed by atoms with van der Waals surface area (Å²) in [6.07, 6.45) is -5.16. The smallest absolute Gasteiger partial charge is 0.258 e. The molecular formula is C59H33BrClF28N3O2. The van der Waals surface area contributed by atoms with E-state index >= 15 is 0 Å². The van der Waals surface area contributed by atoms with Crippen LogP contribution in [0.4, 0.5) is 129 Å². The number of nitro groups is 1. The van der Waals surface area contributed by atoms with Crippen LogP contribution < -0.4 is 0 Å². The van der Waals surface area contributed by atoms with Crippen LogP contribution in [-0.4, -0.2) is 4.92 Å². The van der Waals surface area contributed by atoms with Crippen LogP contribution in [0.5, 0.6) is 0 Å². The molecule has 0 amide bonds. The molecule has 0 radical (unpaired) electrons. The molecule has 0 bridgehead atoms. The highest BCUT2D eigenvalue weighted by Gasteiger charge is 2.39. The van der Waals surface area contributed by atoms with E-state index in [2.05, 4.69) is 15.9 Å². The van der Waals surface area contributed by atoms with Crippen molar-refractivity contribution in [2.75, 3.05) is 0 Å². The molecule has 5 nitrogen and oxygen atoms in total. The molecular weight excluding hydrogens is 1430 g/mol. The van der Waals surface area contributed by atoms with Crippen molar-refractivity contribution in [2.45, 2.75) is 61.6 Å². The van der Waals surface area contributed by atoms with E-state index in [-0.39, 0.29) is 50.5 Å². The molecule has 0 unspecified atom stereocenters. The maximum absolute atomic E-state index is 12.9. The fraction of sp³-hybridized carbons (Fsp3) is 0.153. The molecule has 94 heavy (non-hydrogen) atoms. The number of nitriles is 2. The summed E-state index contributed by atoms with van der Waals surface area (Å²) in [5, 5.41) is 26.0. The van der Waals surface area contributed by atoms with Crippen LogP contribution in [0.1, 0.15) is 61.2 Å². The Kier molecular flexibility index (Phi) is 31.1. The van der Waals surface area contributed by atoms with Gasteiger partial charge in [-0.2, -0.15) is 32.5 Å². The van der Waals surface area contributed by atoms with E-state index in [0.717, 1.165) is 46.8 Å². The lowest BCUT2D eigenvalue weighted by atomic mass is 10.1. The fourth-order valence-corrected chi connectivity index (χ4v) is 6.56. The average molecular weight is 1460 g/mol. The SMILES string of the molecule is Cc1c(F)c(F)cc(F)c1F.Cc1c(F)cc(C#N)cc1F.Cc1c(F)cc(F)c(Br)c1F.Cc1c(F)cc(F)c(C#N)c1F.Cc1c(F)cc(F)c(C(F)(F)F)c1F.Cc1c(F)cc(F)c(Cl)c1F.Cc1c(F)cc(F)c(F)c1F.Cc1c(F)cc(F)c([N+](=O)[O-])c1F. The van der Waals surface area contributed by atoms with Gasteiger partial charge in [-0.05, 0) is 83.5 Å². The van der Waals surface area contributed by atoms with Gasteiger partial charge < -0.3 is 0 Å². The number of rotatable bonds is 1. The van der Waals surface area contributed by atoms with Crippen LogP contribution in [0.3, 0.4) is 0 Å². The molecule has 0 aliphatic carbocycles. The van der Waals surface area contributed by atoms with Crippen molar-refractivity contribution in [3.63, 3.8) is 0 Å². The molecule has 0 fully saturated rings. The van der Waals surface area contributed by atoms with E-state index in [1.54, 1.807) is 6.07 Å². The third kappa shape index (κ3) is 21.5. The van der Waals surface area contributed by atoms with Gasteiger partial charge in [-0.3, -0.25) is 10.1 Å². The fourth-order valence-electron chi connectivity index (χ4n) is 5.96. The number of hydrogen-bond acceptors (Lipinski definition) is 4. The Morgan fingerprint density at radius 1 is 0.351 bits per heavy atom. The zero-order valence-electron chi connectivity index (χ0n) is 47.7. The minimum atomic E-state index is -5.16. The van der Waals surface area contributed by atoms with Crippen molar-refractivity contribution in [3.8, 4) is 12.1 Å². The number of benzene rings is 8. The summed E-state index contributed by atoms with van der Waals surface area (Å²) in [6, 6.07) is 7.48. The lowest BCUT2D eigenvalue weighted by Crippen LogP contribution is -2.13. The molecule has 0 aromatic heterocycles. The van der Waals surface area contributed by atoms with Crippen LogP contribution in [0.2, 0.25) is 5.02 Å². The molecule has 8 rings (SSSR count). The lowest BCUT2D eigenvalue weighted by Gasteiger charge is -2.10. The molecule has 0 saturated carbocycles. The predicted molar refractivity (Wildman–Crippen MR) is 282 cm³/mol. The zero-order chi connectivity index (χ0) is 73.4. The Morgan fingerprint density at radius 3 is 1.09 bits per heavy atom. The molecule has 0 atom stereocenters. The standard InChI is InChI=1S/C8H4F6.C8H4F3N.C8H5F2N.C7H4BrF3.C7H4ClF3.2C7H4F4.C7H4F3NO2/c1-3-4(9)2-5(10)6(7(3)11)8(12,13)14;1-4-6(9)2-7(10)5(3-12)8(4)11;1-5-7(9)2-6(4-11)3-8(5)10;2*1-3-4(9)2-5(10)6(8)7(3)11;1-3-6(10)4(8)2-5(9)7(3)11;1-3-4(8)2-5(9)7(11)6(3)10;1-3-4(8)2-5(9)7(6(3)10)11(12)13/h2H,1H3;2H,1H3;2-3H,1H3;4*2H,1H3;2H,1H3. The first-order valence-corrected chi connectivity index (χ1v) is 25.3. The van der Waals surface area contributed by atoms with Gasteiger partial charge in [0, 0.05) is 87.0 Å². The Morgan fingerprint density at radius 2 is 0.670 bits per heavy atom. The molecule has 35 heteroatoms. The summed E-state index contributed by atoms with van der Waals surface area (Å²) in [5.74, 6) is -30.8. The first-order chi connectivity index (χ1) is 43.1. The van der Waals surface area contributed by atoms with Gasteiger partial charge in [-0.1, -0.05) is 11.6 Å². The summed E-state index contributed by atoms with van der Waals surface area (Å²) in [4.78, 5) is 8.88. The second-order valence-corrected chi connectivity index (χ2v) is 19.0. The lowest BCUT2D eigenvalue weighted by molar-refractivity contribution is -0.390. The van der Waals surface area contributed by atoms with Crippen LogP contribution in [0, 0.1) is 234 Å². The van der Waals surface area contributed by atoms with E-state index < -0.39 is 201 Å². The number of nitrogens with zero attached hydrogens (tertiary/aromatic N) is 3. The molecule has 8 aromatic rings. The van der Waals surface area contributed by atoms with Gasteiger partial charge in [0.05, 0.1) is 21.0 Å². The van der Waals surface area contributed by atoms with Crippen molar-refractivity contribution >= 4 is 33.2 Å². The Bertz CT molecular complexity index is 3860. The minimum absolute atomic E-state index is 0.00519. The van der Waals surface area contributed by atoms with Gasteiger partial charge in [-0.15, -0.1) is 0 Å². The highest BCUT2D eigenvalue weighted by Crippen LogP contribution is 2.36. The number of hydrogen-bond donors (Lipinski definition) is 0. The molecule has 506 valence electrons.